The first kappa shape index (κ1) is 15.4. The van der Waals surface area contributed by atoms with Crippen molar-refractivity contribution in [3.8, 4) is 0 Å². The Labute approximate surface area is 120 Å². The molecule has 2 fully saturated rings. The van der Waals surface area contributed by atoms with Crippen LogP contribution in [0.2, 0.25) is 0 Å². The van der Waals surface area contributed by atoms with E-state index < -0.39 is 0 Å². The van der Waals surface area contributed by atoms with Crippen molar-refractivity contribution in [3.05, 3.63) is 0 Å². The Morgan fingerprint density at radius 3 is 2.11 bits per heavy atom. The second kappa shape index (κ2) is 5.76. The van der Waals surface area contributed by atoms with Crippen LogP contribution in [0.3, 0.4) is 0 Å². The van der Waals surface area contributed by atoms with Gasteiger partial charge in [-0.05, 0) is 61.7 Å². The lowest BCUT2D eigenvalue weighted by Crippen LogP contribution is -2.48. The molecule has 2 aliphatic carbocycles. The van der Waals surface area contributed by atoms with Crippen molar-refractivity contribution in [3.63, 3.8) is 0 Å². The quantitative estimate of drug-likeness (QED) is 0.653. The third kappa shape index (κ3) is 3.74. The van der Waals surface area contributed by atoms with Gasteiger partial charge < -0.3 is 5.73 Å². The number of nitrogens with two attached hydrogens (primary N) is 1. The van der Waals surface area contributed by atoms with Gasteiger partial charge in [-0.15, -0.1) is 0 Å². The Morgan fingerprint density at radius 2 is 1.53 bits per heavy atom. The van der Waals surface area contributed by atoms with E-state index in [2.05, 4.69) is 27.7 Å². The molecule has 0 bridgehead atoms. The van der Waals surface area contributed by atoms with Crippen molar-refractivity contribution >= 4 is 0 Å². The van der Waals surface area contributed by atoms with Gasteiger partial charge in [0.15, 0.2) is 0 Å². The van der Waals surface area contributed by atoms with E-state index in [1.54, 1.807) is 0 Å². The molecule has 2 unspecified atom stereocenters. The van der Waals surface area contributed by atoms with E-state index in [1.165, 1.54) is 57.8 Å². The molecule has 0 spiro atoms. The summed E-state index contributed by atoms with van der Waals surface area (Å²) in [5.41, 5.74) is 7.52. The molecule has 1 nitrogen and oxygen atoms in total. The molecule has 0 aromatic carbocycles. The van der Waals surface area contributed by atoms with Gasteiger partial charge in [-0.3, -0.25) is 0 Å². The van der Waals surface area contributed by atoms with Gasteiger partial charge >= 0.3 is 0 Å². The average Bonchev–Trinajstić information content (AvgIpc) is 2.52. The molecule has 19 heavy (non-hydrogen) atoms. The van der Waals surface area contributed by atoms with E-state index >= 15 is 0 Å². The van der Waals surface area contributed by atoms with Gasteiger partial charge in [0.05, 0.1) is 0 Å². The minimum absolute atomic E-state index is 0.167. The maximum absolute atomic E-state index is 6.88. The summed E-state index contributed by atoms with van der Waals surface area (Å²) in [6.45, 7) is 9.62. The third-order valence-electron chi connectivity index (χ3n) is 6.21. The molecule has 2 rings (SSSR count). The average molecular weight is 265 g/mol. The molecule has 112 valence electrons. The van der Waals surface area contributed by atoms with E-state index in [1.807, 2.05) is 0 Å². The van der Waals surface area contributed by atoms with Crippen LogP contribution in [-0.4, -0.2) is 5.54 Å². The molecule has 1 heteroatoms. The highest BCUT2D eigenvalue weighted by Gasteiger charge is 2.39. The maximum atomic E-state index is 6.88. The van der Waals surface area contributed by atoms with Crippen LogP contribution >= 0.6 is 0 Å². The Balaban J connectivity index is 1.97. The highest BCUT2D eigenvalue weighted by molar-refractivity contribution is 4.96. The number of hydrogen-bond donors (Lipinski definition) is 1. The summed E-state index contributed by atoms with van der Waals surface area (Å²) in [7, 11) is 0. The molecule has 0 aromatic heterocycles. The molecular weight excluding hydrogens is 230 g/mol. The lowest BCUT2D eigenvalue weighted by Gasteiger charge is -2.41. The summed E-state index contributed by atoms with van der Waals surface area (Å²) in [4.78, 5) is 0. The van der Waals surface area contributed by atoms with Gasteiger partial charge in [0.2, 0.25) is 0 Å². The van der Waals surface area contributed by atoms with Crippen LogP contribution in [0, 0.1) is 23.2 Å². The lowest BCUT2D eigenvalue weighted by atomic mass is 9.69. The zero-order valence-corrected chi connectivity index (χ0v) is 13.7. The van der Waals surface area contributed by atoms with Crippen molar-refractivity contribution in [2.45, 2.75) is 91.0 Å². The molecule has 2 N–H and O–H groups in total. The van der Waals surface area contributed by atoms with Crippen LogP contribution in [0.25, 0.3) is 0 Å². The number of hydrogen-bond acceptors (Lipinski definition) is 1. The normalized spacial score (nSPS) is 41.8. The summed E-state index contributed by atoms with van der Waals surface area (Å²) in [5.74, 6) is 2.62. The molecule has 0 aliphatic heterocycles. The van der Waals surface area contributed by atoms with Crippen LogP contribution < -0.4 is 5.73 Å². The zero-order chi connectivity index (χ0) is 14.1. The first-order valence-corrected chi connectivity index (χ1v) is 8.60. The van der Waals surface area contributed by atoms with Crippen LogP contribution in [-0.2, 0) is 0 Å². The second-order valence-corrected chi connectivity index (χ2v) is 8.68. The molecule has 2 saturated carbocycles. The van der Waals surface area contributed by atoms with Gasteiger partial charge in [-0.2, -0.15) is 0 Å². The highest BCUT2D eigenvalue weighted by atomic mass is 14.8. The van der Waals surface area contributed by atoms with Crippen molar-refractivity contribution in [2.24, 2.45) is 28.9 Å². The molecule has 2 atom stereocenters. The number of rotatable bonds is 1. The van der Waals surface area contributed by atoms with E-state index in [0.29, 0.717) is 5.41 Å². The minimum Gasteiger partial charge on any atom is -0.325 e. The molecule has 0 radical (unpaired) electrons. The van der Waals surface area contributed by atoms with Crippen LogP contribution in [0.1, 0.15) is 85.5 Å². The van der Waals surface area contributed by atoms with E-state index in [0.717, 1.165) is 17.8 Å². The first-order valence-electron chi connectivity index (χ1n) is 8.60. The summed E-state index contributed by atoms with van der Waals surface area (Å²) in [5, 5.41) is 0. The van der Waals surface area contributed by atoms with Crippen LogP contribution in [0.5, 0.6) is 0 Å². The molecule has 2 aliphatic rings. The molecular formula is C18H35N. The fourth-order valence-corrected chi connectivity index (χ4v) is 4.50. The van der Waals surface area contributed by atoms with Crippen molar-refractivity contribution in [2.75, 3.05) is 0 Å². The van der Waals surface area contributed by atoms with Crippen molar-refractivity contribution in [1.82, 2.24) is 0 Å². The predicted octanol–water partition coefficient (Wildman–Crippen LogP) is 5.14. The molecule has 0 amide bonds. The maximum Gasteiger partial charge on any atom is 0.0183 e. The van der Waals surface area contributed by atoms with Crippen molar-refractivity contribution in [1.29, 1.82) is 0 Å². The van der Waals surface area contributed by atoms with E-state index in [9.17, 15) is 0 Å². The van der Waals surface area contributed by atoms with E-state index in [4.69, 9.17) is 5.73 Å². The summed E-state index contributed by atoms with van der Waals surface area (Å²) < 4.78 is 0. The largest absolute Gasteiger partial charge is 0.325 e. The van der Waals surface area contributed by atoms with Crippen LogP contribution in [0.15, 0.2) is 0 Å². The Hall–Kier alpha value is -0.0400. The standard InChI is InChI=1S/C18H35N/c1-14-7-9-16(10-8-14)18(19)12-5-6-15(11-13-18)17(2,3)4/h14-16H,5-13,19H2,1-4H3. The fraction of sp³-hybridized carbons (Fsp3) is 1.00. The van der Waals surface area contributed by atoms with Gasteiger partial charge in [-0.1, -0.05) is 47.0 Å². The topological polar surface area (TPSA) is 26.0 Å². The first-order chi connectivity index (χ1) is 8.81. The highest BCUT2D eigenvalue weighted by Crippen LogP contribution is 2.44. The van der Waals surface area contributed by atoms with Crippen molar-refractivity contribution < 1.29 is 0 Å². The van der Waals surface area contributed by atoms with E-state index in [-0.39, 0.29) is 5.54 Å². The molecule has 0 aromatic rings. The summed E-state index contributed by atoms with van der Waals surface area (Å²) in [6.07, 6.45) is 12.2. The SMILES string of the molecule is CC1CCC(C2(N)CCCC(C(C)(C)C)CC2)CC1. The monoisotopic (exact) mass is 265 g/mol. The van der Waals surface area contributed by atoms with Gasteiger partial charge in [0, 0.05) is 5.54 Å². The van der Waals surface area contributed by atoms with Gasteiger partial charge in [0.1, 0.15) is 0 Å². The smallest absolute Gasteiger partial charge is 0.0183 e. The van der Waals surface area contributed by atoms with Gasteiger partial charge in [-0.25, -0.2) is 0 Å². The Bertz CT molecular complexity index is 283. The predicted molar refractivity (Wildman–Crippen MR) is 84.1 cm³/mol. The molecule has 0 saturated heterocycles. The zero-order valence-electron chi connectivity index (χ0n) is 13.7. The molecule has 0 heterocycles. The minimum atomic E-state index is 0.167. The van der Waals surface area contributed by atoms with Crippen LogP contribution in [0.4, 0.5) is 0 Å². The Morgan fingerprint density at radius 1 is 0.895 bits per heavy atom. The summed E-state index contributed by atoms with van der Waals surface area (Å²) >= 11 is 0. The Kier molecular flexibility index (Phi) is 4.65. The second-order valence-electron chi connectivity index (χ2n) is 8.68. The fourth-order valence-electron chi connectivity index (χ4n) is 4.50. The summed E-state index contributed by atoms with van der Waals surface area (Å²) in [6, 6.07) is 0. The van der Waals surface area contributed by atoms with Gasteiger partial charge in [0.25, 0.3) is 0 Å². The third-order valence-corrected chi connectivity index (χ3v) is 6.21. The lowest BCUT2D eigenvalue weighted by molar-refractivity contribution is 0.153.